The molecule has 0 amide bonds. The van der Waals surface area contributed by atoms with Crippen molar-refractivity contribution >= 4 is 41.8 Å². The summed E-state index contributed by atoms with van der Waals surface area (Å²) in [4.78, 5) is 86.5. The smallest absolute Gasteiger partial charge is 0.339 e. The Morgan fingerprint density at radius 1 is 0.556 bits per heavy atom. The molecule has 0 N–H and O–H groups in total. The van der Waals surface area contributed by atoms with Crippen LogP contribution in [0.1, 0.15) is 41.5 Å². The lowest BCUT2D eigenvalue weighted by Gasteiger charge is -2.47. The van der Waals surface area contributed by atoms with Crippen LogP contribution in [0.4, 0.5) is 0 Å². The number of methoxy groups -OCH3 is 1. The first-order chi connectivity index (χ1) is 21.0. The molecule has 0 saturated carbocycles. The molecule has 10 atom stereocenters. The van der Waals surface area contributed by atoms with Crippen molar-refractivity contribution < 1.29 is 80.9 Å². The van der Waals surface area contributed by atoms with Crippen LogP contribution in [0.2, 0.25) is 0 Å². The van der Waals surface area contributed by atoms with Crippen LogP contribution in [0.15, 0.2) is 0 Å². The topological polar surface area (TPSA) is 215 Å². The van der Waals surface area contributed by atoms with Gasteiger partial charge in [-0.25, -0.2) is 4.79 Å². The summed E-state index contributed by atoms with van der Waals surface area (Å²) in [6.07, 6.45) is -14.7. The number of ether oxygens (including phenoxy) is 10. The molecule has 254 valence electrons. The summed E-state index contributed by atoms with van der Waals surface area (Å²) >= 11 is 0. The number of rotatable bonds is 11. The molecule has 0 aromatic carbocycles. The Morgan fingerprint density at radius 2 is 0.956 bits per heavy atom. The van der Waals surface area contributed by atoms with Gasteiger partial charge in [0, 0.05) is 41.5 Å². The molecule has 0 aliphatic carbocycles. The second-order valence-electron chi connectivity index (χ2n) is 10.3. The minimum absolute atomic E-state index is 0.561. The molecule has 2 saturated heterocycles. The van der Waals surface area contributed by atoms with Crippen LogP contribution in [0.3, 0.4) is 0 Å². The Labute approximate surface area is 258 Å². The SMILES string of the molecule is COC(=O)[C@H]1O[C@@H](OC[C@H]2O[C@@H](N(C)C)[C@H](OC(C)=O)[C@@H](OC(C)=O)[C@H]2OC(C)=O)[C@H](OC(C)=O)[C@@H](OC(C)=O)[C@@H]1OC(C)=O. The molecule has 2 aliphatic rings. The fraction of sp³-hybridized carbons (Fsp3) is 0.741. The lowest BCUT2D eigenvalue weighted by Crippen LogP contribution is -2.66. The molecular weight excluding hydrogens is 610 g/mol. The first-order valence-electron chi connectivity index (χ1n) is 13.7. The molecule has 2 rings (SSSR count). The van der Waals surface area contributed by atoms with Crippen molar-refractivity contribution in [1.82, 2.24) is 4.90 Å². The van der Waals surface area contributed by atoms with Gasteiger partial charge in [-0.1, -0.05) is 0 Å². The minimum Gasteiger partial charge on any atom is -0.467 e. The van der Waals surface area contributed by atoms with E-state index in [1.54, 1.807) is 14.1 Å². The number of carbonyl (C=O) groups excluding carboxylic acids is 7. The first kappa shape index (κ1) is 37.3. The summed E-state index contributed by atoms with van der Waals surface area (Å²) in [7, 11) is 4.19. The summed E-state index contributed by atoms with van der Waals surface area (Å²) < 4.78 is 54.7. The second kappa shape index (κ2) is 16.4. The van der Waals surface area contributed by atoms with Crippen molar-refractivity contribution in [3.63, 3.8) is 0 Å². The normalized spacial score (nSPS) is 31.2. The molecular formula is C27H39NO17. The predicted octanol–water partition coefficient (Wildman–Crippen LogP) is -1.22. The van der Waals surface area contributed by atoms with Crippen LogP contribution < -0.4 is 0 Å². The van der Waals surface area contributed by atoms with Gasteiger partial charge in [-0.15, -0.1) is 0 Å². The fourth-order valence-electron chi connectivity index (χ4n) is 4.83. The van der Waals surface area contributed by atoms with E-state index in [2.05, 4.69) is 0 Å². The highest BCUT2D eigenvalue weighted by Crippen LogP contribution is 2.33. The average molecular weight is 650 g/mol. The van der Waals surface area contributed by atoms with Gasteiger partial charge < -0.3 is 47.4 Å². The maximum atomic E-state index is 12.7. The molecule has 45 heavy (non-hydrogen) atoms. The second-order valence-corrected chi connectivity index (χ2v) is 10.3. The molecule has 18 nitrogen and oxygen atoms in total. The maximum Gasteiger partial charge on any atom is 0.339 e. The quantitative estimate of drug-likeness (QED) is 0.189. The van der Waals surface area contributed by atoms with Gasteiger partial charge >= 0.3 is 41.8 Å². The van der Waals surface area contributed by atoms with E-state index < -0.39 is 110 Å². The van der Waals surface area contributed by atoms with Gasteiger partial charge in [0.2, 0.25) is 0 Å². The molecule has 0 unspecified atom stereocenters. The van der Waals surface area contributed by atoms with Crippen molar-refractivity contribution in [3.8, 4) is 0 Å². The van der Waals surface area contributed by atoms with Crippen LogP contribution in [-0.2, 0) is 80.9 Å². The number of nitrogens with zero attached hydrogens (tertiary/aromatic N) is 1. The molecule has 0 aromatic rings. The molecule has 2 fully saturated rings. The Balaban J connectivity index is 2.56. The Hall–Kier alpha value is -3.87. The molecule has 0 spiro atoms. The lowest BCUT2D eigenvalue weighted by molar-refractivity contribution is -0.318. The number of likely N-dealkylation sites (N-methyl/N-ethyl adjacent to an activating group) is 1. The fourth-order valence-corrected chi connectivity index (χ4v) is 4.83. The van der Waals surface area contributed by atoms with E-state index in [1.807, 2.05) is 0 Å². The highest BCUT2D eigenvalue weighted by molar-refractivity contribution is 5.77. The van der Waals surface area contributed by atoms with Crippen molar-refractivity contribution in [3.05, 3.63) is 0 Å². The van der Waals surface area contributed by atoms with Gasteiger partial charge in [-0.05, 0) is 14.1 Å². The highest BCUT2D eigenvalue weighted by Gasteiger charge is 2.57. The number of hydrogen-bond acceptors (Lipinski definition) is 18. The van der Waals surface area contributed by atoms with Gasteiger partial charge in [0.15, 0.2) is 55.2 Å². The van der Waals surface area contributed by atoms with Crippen molar-refractivity contribution in [1.29, 1.82) is 0 Å². The number of carbonyl (C=O) groups is 7. The Morgan fingerprint density at radius 3 is 1.40 bits per heavy atom. The largest absolute Gasteiger partial charge is 0.467 e. The molecule has 0 radical (unpaired) electrons. The number of hydrogen-bond donors (Lipinski definition) is 0. The minimum atomic E-state index is -1.73. The monoisotopic (exact) mass is 649 g/mol. The van der Waals surface area contributed by atoms with E-state index >= 15 is 0 Å². The third kappa shape index (κ3) is 10.3. The highest BCUT2D eigenvalue weighted by atomic mass is 16.7. The summed E-state index contributed by atoms with van der Waals surface area (Å²) in [5, 5.41) is 0. The summed E-state index contributed by atoms with van der Waals surface area (Å²) in [5.41, 5.74) is 0. The average Bonchev–Trinajstić information content (AvgIpc) is 2.90. The van der Waals surface area contributed by atoms with Gasteiger partial charge in [-0.2, -0.15) is 0 Å². The standard InChI is InChI=1S/C27H39NO17/c1-11(29)38-18-17(44-25(28(7)8)22(42-15(5)33)19(18)39-12(2)30)10-37-27-24(43-16(6)34)21(41-14(4)32)20(40-13(3)31)23(45-27)26(35)36-9/h17-25,27H,10H2,1-9H3/t17-,18+,19+,20+,21+,22-,23+,24-,25-,27-/m1/s1. The lowest BCUT2D eigenvalue weighted by atomic mass is 9.96. The third-order valence-corrected chi connectivity index (χ3v) is 6.28. The van der Waals surface area contributed by atoms with Gasteiger partial charge in [0.25, 0.3) is 0 Å². The van der Waals surface area contributed by atoms with Gasteiger partial charge in [-0.3, -0.25) is 33.7 Å². The van der Waals surface area contributed by atoms with Crippen molar-refractivity contribution in [2.75, 3.05) is 27.8 Å². The van der Waals surface area contributed by atoms with E-state index in [0.717, 1.165) is 48.7 Å². The summed E-state index contributed by atoms with van der Waals surface area (Å²) in [6.45, 7) is 5.85. The first-order valence-corrected chi connectivity index (χ1v) is 13.7. The number of esters is 7. The van der Waals surface area contributed by atoms with E-state index in [1.165, 1.54) is 4.90 Å². The summed E-state index contributed by atoms with van der Waals surface area (Å²) in [6, 6.07) is 0. The molecule has 0 bridgehead atoms. The van der Waals surface area contributed by atoms with E-state index in [9.17, 15) is 33.6 Å². The summed E-state index contributed by atoms with van der Waals surface area (Å²) in [5.74, 6) is -6.05. The van der Waals surface area contributed by atoms with Crippen LogP contribution in [-0.4, -0.2) is 136 Å². The zero-order valence-electron chi connectivity index (χ0n) is 26.4. The molecule has 2 aliphatic heterocycles. The third-order valence-electron chi connectivity index (χ3n) is 6.28. The van der Waals surface area contributed by atoms with E-state index in [4.69, 9.17) is 47.4 Å². The van der Waals surface area contributed by atoms with Crippen LogP contribution in [0.5, 0.6) is 0 Å². The zero-order chi connectivity index (χ0) is 34.2. The van der Waals surface area contributed by atoms with Crippen LogP contribution in [0, 0.1) is 0 Å². The molecule has 18 heteroatoms. The zero-order valence-corrected chi connectivity index (χ0v) is 26.4. The van der Waals surface area contributed by atoms with Crippen molar-refractivity contribution in [2.45, 2.75) is 103 Å². The van der Waals surface area contributed by atoms with Crippen molar-refractivity contribution in [2.24, 2.45) is 0 Å². The van der Waals surface area contributed by atoms with Crippen LogP contribution >= 0.6 is 0 Å². The van der Waals surface area contributed by atoms with Gasteiger partial charge in [0.1, 0.15) is 6.10 Å². The van der Waals surface area contributed by atoms with E-state index in [0.29, 0.717) is 0 Å². The van der Waals surface area contributed by atoms with Crippen LogP contribution in [0.25, 0.3) is 0 Å². The Bertz CT molecular complexity index is 1120. The predicted molar refractivity (Wildman–Crippen MR) is 142 cm³/mol. The Kier molecular flexibility index (Phi) is 13.6. The van der Waals surface area contributed by atoms with Gasteiger partial charge in [0.05, 0.1) is 13.7 Å². The maximum absolute atomic E-state index is 12.7. The molecule has 2 heterocycles. The molecule has 0 aromatic heterocycles. The van der Waals surface area contributed by atoms with E-state index in [-0.39, 0.29) is 0 Å².